The van der Waals surface area contributed by atoms with E-state index in [0.717, 1.165) is 23.4 Å². The first-order chi connectivity index (χ1) is 9.69. The Kier molecular flexibility index (Phi) is 5.15. The Bertz CT molecular complexity index is 656. The fourth-order valence-electron chi connectivity index (χ4n) is 1.53. The highest BCUT2D eigenvalue weighted by atomic mass is 35.5. The number of nitrogens with one attached hydrogen (secondary N) is 2. The first-order valence-corrected chi connectivity index (χ1v) is 6.90. The predicted molar refractivity (Wildman–Crippen MR) is 86.5 cm³/mol. The molecule has 2 bridgehead atoms. The quantitative estimate of drug-likeness (QED) is 0.703. The Balaban J connectivity index is 0.000000157. The maximum atomic E-state index is 5.64. The minimum absolute atomic E-state index is 0.642. The van der Waals surface area contributed by atoms with Crippen LogP contribution in [0.25, 0.3) is 11.2 Å². The van der Waals surface area contributed by atoms with E-state index in [0.29, 0.717) is 10.1 Å². The lowest BCUT2D eigenvalue weighted by Crippen LogP contribution is -2.27. The minimum atomic E-state index is 0.642. The molecule has 3 heterocycles. The molecule has 0 radical (unpaired) electrons. The molecule has 0 saturated carbocycles. The van der Waals surface area contributed by atoms with Gasteiger partial charge in [-0.2, -0.15) is 0 Å². The first kappa shape index (κ1) is 14.6. The van der Waals surface area contributed by atoms with E-state index in [9.17, 15) is 0 Å². The van der Waals surface area contributed by atoms with Gasteiger partial charge in [-0.15, -0.1) is 0 Å². The summed E-state index contributed by atoms with van der Waals surface area (Å²) in [6.07, 6.45) is 3.44. The smallest absolute Gasteiger partial charge is 0.170 e. The number of furan rings is 2. The van der Waals surface area contributed by atoms with Gasteiger partial charge in [-0.1, -0.05) is 11.6 Å². The molecular weight excluding hydrogens is 294 g/mol. The van der Waals surface area contributed by atoms with Crippen LogP contribution in [-0.4, -0.2) is 16.6 Å². The monoisotopic (exact) mass is 307 g/mol. The summed E-state index contributed by atoms with van der Waals surface area (Å²) in [5.41, 5.74) is 2.59. The van der Waals surface area contributed by atoms with Gasteiger partial charge in [0.2, 0.25) is 0 Å². The van der Waals surface area contributed by atoms with E-state index in [1.807, 2.05) is 31.2 Å². The number of fused-ring (bicyclic) bond motifs is 2. The van der Waals surface area contributed by atoms with Crippen molar-refractivity contribution in [3.63, 3.8) is 0 Å². The zero-order valence-electron chi connectivity index (χ0n) is 10.9. The maximum absolute atomic E-state index is 5.64. The Morgan fingerprint density at radius 1 is 1.30 bits per heavy atom. The van der Waals surface area contributed by atoms with E-state index in [1.54, 1.807) is 18.5 Å². The molecule has 104 valence electrons. The summed E-state index contributed by atoms with van der Waals surface area (Å²) in [6.45, 7) is 2.83. The van der Waals surface area contributed by atoms with Gasteiger partial charge in [-0.05, 0) is 43.4 Å². The summed E-state index contributed by atoms with van der Waals surface area (Å²) in [6, 6.07) is 9.28. The Labute approximate surface area is 127 Å². The normalized spacial score (nSPS) is 9.90. The van der Waals surface area contributed by atoms with Gasteiger partial charge < -0.3 is 15.1 Å². The van der Waals surface area contributed by atoms with E-state index in [1.165, 1.54) is 0 Å². The van der Waals surface area contributed by atoms with Crippen molar-refractivity contribution in [1.82, 2.24) is 10.3 Å². The number of nitrogens with zero attached hydrogens (tertiary/aromatic N) is 1. The molecule has 4 nitrogen and oxygen atoms in total. The van der Waals surface area contributed by atoms with Crippen molar-refractivity contribution in [3.8, 4) is 0 Å². The number of aromatic nitrogens is 1. The molecule has 0 atom stereocenters. The molecule has 0 aliphatic rings. The number of halogens is 1. The van der Waals surface area contributed by atoms with Crippen LogP contribution in [0.3, 0.4) is 0 Å². The van der Waals surface area contributed by atoms with Crippen molar-refractivity contribution < 1.29 is 4.42 Å². The Morgan fingerprint density at radius 3 is 2.50 bits per heavy atom. The molecule has 2 N–H and O–H groups in total. The van der Waals surface area contributed by atoms with Crippen LogP contribution in [0.5, 0.6) is 0 Å². The van der Waals surface area contributed by atoms with Crippen LogP contribution in [0.15, 0.2) is 47.1 Å². The molecule has 0 unspecified atom stereocenters. The molecule has 3 rings (SSSR count). The van der Waals surface area contributed by atoms with Crippen molar-refractivity contribution in [3.05, 3.63) is 47.7 Å². The molecule has 0 amide bonds. The fourth-order valence-corrected chi connectivity index (χ4v) is 2.00. The highest BCUT2D eigenvalue weighted by molar-refractivity contribution is 7.80. The zero-order valence-corrected chi connectivity index (χ0v) is 12.5. The molecule has 0 saturated heterocycles. The third-order valence-electron chi connectivity index (χ3n) is 2.41. The van der Waals surface area contributed by atoms with Crippen LogP contribution in [0.1, 0.15) is 6.92 Å². The van der Waals surface area contributed by atoms with E-state index >= 15 is 0 Å². The largest absolute Gasteiger partial charge is 0.456 e. The number of hydrogen-bond acceptors (Lipinski definition) is 3. The number of thiocarbonyl (C=S) groups is 1. The molecule has 6 heteroatoms. The highest BCUT2D eigenvalue weighted by Gasteiger charge is 2.01. The van der Waals surface area contributed by atoms with Crippen LogP contribution >= 0.6 is 23.8 Å². The van der Waals surface area contributed by atoms with Gasteiger partial charge in [0.25, 0.3) is 0 Å². The number of pyridine rings is 1. The van der Waals surface area contributed by atoms with Crippen LogP contribution in [0, 0.1) is 0 Å². The zero-order chi connectivity index (χ0) is 14.4. The average Bonchev–Trinajstić information content (AvgIpc) is 3.02. The van der Waals surface area contributed by atoms with Crippen LogP contribution in [0.2, 0.25) is 5.02 Å². The topological polar surface area (TPSA) is 50.1 Å². The van der Waals surface area contributed by atoms with Gasteiger partial charge in [-0.25, -0.2) is 0 Å². The summed E-state index contributed by atoms with van der Waals surface area (Å²) >= 11 is 10.6. The molecule has 20 heavy (non-hydrogen) atoms. The second-order valence-electron chi connectivity index (χ2n) is 3.91. The summed E-state index contributed by atoms with van der Waals surface area (Å²) in [7, 11) is 0. The lowest BCUT2D eigenvalue weighted by Gasteiger charge is -2.07. The third kappa shape index (κ3) is 4.08. The average molecular weight is 308 g/mol. The summed E-state index contributed by atoms with van der Waals surface area (Å²) in [5.74, 6) is 0. The van der Waals surface area contributed by atoms with Crippen molar-refractivity contribution >= 4 is 45.8 Å². The van der Waals surface area contributed by atoms with E-state index in [4.69, 9.17) is 28.2 Å². The molecular formula is C14H14ClN3OS. The number of rotatable bonds is 2. The Morgan fingerprint density at radius 2 is 2.05 bits per heavy atom. The van der Waals surface area contributed by atoms with Gasteiger partial charge in [0.05, 0.1) is 5.02 Å². The molecule has 3 aromatic rings. The SMILES string of the molecule is CCNC(=S)Nc1ccncc1.Clc1cc2ccc1o2. The lowest BCUT2D eigenvalue weighted by molar-refractivity contribution is 0.675. The molecule has 0 spiro atoms. The van der Waals surface area contributed by atoms with Gasteiger partial charge in [0.15, 0.2) is 5.11 Å². The Hall–Kier alpha value is -1.85. The van der Waals surface area contributed by atoms with Crippen molar-refractivity contribution in [2.75, 3.05) is 11.9 Å². The second kappa shape index (κ2) is 7.07. The molecule has 0 aliphatic carbocycles. The standard InChI is InChI=1S/C8H11N3S.C6H3ClO/c1-2-10-8(12)11-7-3-5-9-6-4-7;7-5-3-4-1-2-6(5)8-4/h3-6H,2H2,1H3,(H2,9,10,11,12);1-3H. The molecule has 0 aromatic carbocycles. The van der Waals surface area contributed by atoms with Crippen LogP contribution < -0.4 is 10.6 Å². The second-order valence-corrected chi connectivity index (χ2v) is 4.73. The summed E-state index contributed by atoms with van der Waals surface area (Å²) < 4.78 is 5.08. The maximum Gasteiger partial charge on any atom is 0.170 e. The van der Waals surface area contributed by atoms with Gasteiger partial charge in [0.1, 0.15) is 11.2 Å². The summed E-state index contributed by atoms with van der Waals surface area (Å²) in [5, 5.41) is 7.37. The molecule has 0 aliphatic heterocycles. The number of hydrogen-bond donors (Lipinski definition) is 2. The predicted octanol–water partition coefficient (Wildman–Crippen LogP) is 3.91. The van der Waals surface area contributed by atoms with E-state index in [-0.39, 0.29) is 0 Å². The van der Waals surface area contributed by atoms with E-state index in [2.05, 4.69) is 15.6 Å². The van der Waals surface area contributed by atoms with Crippen LogP contribution in [0.4, 0.5) is 5.69 Å². The van der Waals surface area contributed by atoms with Crippen LogP contribution in [-0.2, 0) is 0 Å². The summed E-state index contributed by atoms with van der Waals surface area (Å²) in [4.78, 5) is 3.89. The van der Waals surface area contributed by atoms with Crippen molar-refractivity contribution in [2.45, 2.75) is 6.92 Å². The highest BCUT2D eigenvalue weighted by Crippen LogP contribution is 2.25. The number of benzene rings is 1. The molecule has 0 fully saturated rings. The minimum Gasteiger partial charge on any atom is -0.456 e. The van der Waals surface area contributed by atoms with Gasteiger partial charge in [-0.3, -0.25) is 4.98 Å². The first-order valence-electron chi connectivity index (χ1n) is 6.11. The third-order valence-corrected chi connectivity index (χ3v) is 2.95. The fraction of sp³-hybridized carbons (Fsp3) is 0.143. The van der Waals surface area contributed by atoms with Crippen molar-refractivity contribution in [2.24, 2.45) is 0 Å². The lowest BCUT2D eigenvalue weighted by atomic mass is 10.4. The number of anilines is 1. The van der Waals surface area contributed by atoms with Gasteiger partial charge >= 0.3 is 0 Å². The molecule has 3 aromatic heterocycles. The van der Waals surface area contributed by atoms with E-state index < -0.39 is 0 Å². The van der Waals surface area contributed by atoms with Gasteiger partial charge in [0, 0.05) is 30.7 Å². The van der Waals surface area contributed by atoms with Crippen molar-refractivity contribution in [1.29, 1.82) is 0 Å².